The first-order chi connectivity index (χ1) is 11.6. The Kier molecular flexibility index (Phi) is 13.3. The maximum Gasteiger partial charge on any atom is 0.187 e. The quantitative estimate of drug-likeness (QED) is 0.212. The van der Waals surface area contributed by atoms with Crippen LogP contribution in [0.5, 0.6) is 0 Å². The Morgan fingerprint density at radius 2 is 1.17 bits per heavy atom. The van der Waals surface area contributed by atoms with Crippen LogP contribution >= 0.6 is 0 Å². The second-order valence-corrected chi connectivity index (χ2v) is 13.0. The van der Waals surface area contributed by atoms with Crippen LogP contribution in [0.25, 0.3) is 0 Å². The van der Waals surface area contributed by atoms with Gasteiger partial charge < -0.3 is 4.43 Å². The van der Waals surface area contributed by atoms with E-state index in [1.165, 1.54) is 115 Å². The molecule has 0 aromatic carbocycles. The molecule has 0 aromatic rings. The lowest BCUT2D eigenvalue weighted by atomic mass is 10.0. The van der Waals surface area contributed by atoms with E-state index in [-0.39, 0.29) is 0 Å². The van der Waals surface area contributed by atoms with E-state index >= 15 is 0 Å². The van der Waals surface area contributed by atoms with E-state index in [1.807, 2.05) is 0 Å². The van der Waals surface area contributed by atoms with Gasteiger partial charge in [0.2, 0.25) is 0 Å². The summed E-state index contributed by atoms with van der Waals surface area (Å²) in [5.74, 6) is 0. The van der Waals surface area contributed by atoms with Gasteiger partial charge in [-0.1, -0.05) is 103 Å². The van der Waals surface area contributed by atoms with Crippen LogP contribution in [0.2, 0.25) is 19.1 Å². The van der Waals surface area contributed by atoms with Crippen LogP contribution in [0, 0.1) is 0 Å². The predicted molar refractivity (Wildman–Crippen MR) is 111 cm³/mol. The summed E-state index contributed by atoms with van der Waals surface area (Å²) in [6.45, 7) is 7.08. The third-order valence-corrected chi connectivity index (χ3v) is 8.20. The molecule has 0 aromatic heterocycles. The predicted octanol–water partition coefficient (Wildman–Crippen LogP) is 8.24. The summed E-state index contributed by atoms with van der Waals surface area (Å²) >= 11 is 0. The molecule has 0 spiro atoms. The molecule has 0 amide bonds. The van der Waals surface area contributed by atoms with E-state index < -0.39 is 8.32 Å². The molecule has 1 saturated heterocycles. The van der Waals surface area contributed by atoms with Gasteiger partial charge in [-0.25, -0.2) is 0 Å². The zero-order valence-corrected chi connectivity index (χ0v) is 18.2. The van der Waals surface area contributed by atoms with E-state index in [9.17, 15) is 0 Å². The van der Waals surface area contributed by atoms with Gasteiger partial charge in [-0.15, -0.1) is 0 Å². The normalized spacial score (nSPS) is 20.4. The third-order valence-electron chi connectivity index (χ3n) is 5.67. The van der Waals surface area contributed by atoms with E-state index in [1.54, 1.807) is 0 Å². The molecule has 1 heterocycles. The zero-order chi connectivity index (χ0) is 17.5. The van der Waals surface area contributed by atoms with Crippen molar-refractivity contribution in [2.75, 3.05) is 0 Å². The van der Waals surface area contributed by atoms with Crippen LogP contribution in [0.15, 0.2) is 0 Å². The maximum atomic E-state index is 6.33. The van der Waals surface area contributed by atoms with Crippen molar-refractivity contribution < 1.29 is 4.43 Å². The van der Waals surface area contributed by atoms with Gasteiger partial charge in [0, 0.05) is 6.10 Å². The highest BCUT2D eigenvalue weighted by Crippen LogP contribution is 2.28. The van der Waals surface area contributed by atoms with Crippen molar-refractivity contribution in [2.45, 2.75) is 141 Å². The lowest BCUT2D eigenvalue weighted by Gasteiger charge is -2.34. The fourth-order valence-corrected chi connectivity index (χ4v) is 6.41. The minimum atomic E-state index is -1.26. The van der Waals surface area contributed by atoms with Crippen molar-refractivity contribution in [3.8, 4) is 0 Å². The summed E-state index contributed by atoms with van der Waals surface area (Å²) in [5, 5.41) is 0. The molecule has 1 fully saturated rings. The number of hydrogen-bond acceptors (Lipinski definition) is 1. The van der Waals surface area contributed by atoms with Crippen LogP contribution in [-0.2, 0) is 4.43 Å². The fraction of sp³-hybridized carbons (Fsp3) is 1.00. The number of hydrogen-bond donors (Lipinski definition) is 0. The van der Waals surface area contributed by atoms with Gasteiger partial charge in [-0.2, -0.15) is 0 Å². The Hall–Kier alpha value is 0.177. The molecule has 144 valence electrons. The first-order valence-corrected chi connectivity index (χ1v) is 14.4. The Bertz CT molecular complexity index is 277. The van der Waals surface area contributed by atoms with Gasteiger partial charge in [0.25, 0.3) is 0 Å². The van der Waals surface area contributed by atoms with Crippen LogP contribution in [0.4, 0.5) is 0 Å². The minimum Gasteiger partial charge on any atom is -0.414 e. The molecule has 0 aliphatic carbocycles. The van der Waals surface area contributed by atoms with Gasteiger partial charge in [0.05, 0.1) is 0 Å². The lowest BCUT2D eigenvalue weighted by Crippen LogP contribution is -2.39. The van der Waals surface area contributed by atoms with Gasteiger partial charge in [0.1, 0.15) is 0 Å². The van der Waals surface area contributed by atoms with Crippen LogP contribution in [0.3, 0.4) is 0 Å². The molecule has 1 aliphatic heterocycles. The molecule has 0 N–H and O–H groups in total. The first-order valence-electron chi connectivity index (χ1n) is 11.3. The largest absolute Gasteiger partial charge is 0.414 e. The van der Waals surface area contributed by atoms with Gasteiger partial charge >= 0.3 is 0 Å². The molecule has 1 aliphatic rings. The molecule has 1 unspecified atom stereocenters. The van der Waals surface area contributed by atoms with Crippen molar-refractivity contribution in [2.24, 2.45) is 0 Å². The van der Waals surface area contributed by atoms with Gasteiger partial charge in [0.15, 0.2) is 8.32 Å². The molecular weight excluding hydrogens is 308 g/mol. The van der Waals surface area contributed by atoms with Crippen molar-refractivity contribution in [1.29, 1.82) is 0 Å². The van der Waals surface area contributed by atoms with Crippen LogP contribution in [-0.4, -0.2) is 14.4 Å². The Balaban J connectivity index is 1.76. The van der Waals surface area contributed by atoms with Crippen molar-refractivity contribution >= 4 is 8.32 Å². The summed E-state index contributed by atoms with van der Waals surface area (Å²) in [4.78, 5) is 0. The summed E-state index contributed by atoms with van der Waals surface area (Å²) in [6.07, 6.45) is 25.0. The fourth-order valence-electron chi connectivity index (χ4n) is 4.09. The zero-order valence-electron chi connectivity index (χ0n) is 17.2. The number of unbranched alkanes of at least 4 members (excludes halogenated alkanes) is 13. The molecule has 2 heteroatoms. The minimum absolute atomic E-state index is 0.609. The average Bonchev–Trinajstić information content (AvgIpc) is 2.54. The van der Waals surface area contributed by atoms with Crippen LogP contribution < -0.4 is 0 Å². The molecule has 1 nitrogen and oxygen atoms in total. The second-order valence-electron chi connectivity index (χ2n) is 8.78. The Morgan fingerprint density at radius 1 is 0.708 bits per heavy atom. The van der Waals surface area contributed by atoms with Crippen molar-refractivity contribution in [3.05, 3.63) is 0 Å². The molecule has 0 saturated carbocycles. The van der Waals surface area contributed by atoms with Gasteiger partial charge in [-0.3, -0.25) is 0 Å². The molecule has 1 rings (SSSR count). The first kappa shape index (κ1) is 22.2. The summed E-state index contributed by atoms with van der Waals surface area (Å²) in [5.41, 5.74) is 0. The van der Waals surface area contributed by atoms with E-state index in [4.69, 9.17) is 4.43 Å². The smallest absolute Gasteiger partial charge is 0.187 e. The molecule has 0 radical (unpaired) electrons. The molecule has 24 heavy (non-hydrogen) atoms. The maximum absolute atomic E-state index is 6.33. The third kappa shape index (κ3) is 12.5. The Morgan fingerprint density at radius 3 is 1.62 bits per heavy atom. The van der Waals surface area contributed by atoms with Crippen molar-refractivity contribution in [3.63, 3.8) is 0 Å². The average molecular weight is 355 g/mol. The number of rotatable bonds is 15. The monoisotopic (exact) mass is 354 g/mol. The van der Waals surface area contributed by atoms with E-state index in [2.05, 4.69) is 20.0 Å². The second kappa shape index (κ2) is 14.4. The summed E-state index contributed by atoms with van der Waals surface area (Å²) in [6, 6.07) is 1.38. The lowest BCUT2D eigenvalue weighted by molar-refractivity contribution is 0.148. The highest BCUT2D eigenvalue weighted by Gasteiger charge is 2.30. The Labute approximate surface area is 154 Å². The SMILES string of the molecule is CCCCCCCCCCCCCCCCC1CCC[Si](C)(C)O1. The van der Waals surface area contributed by atoms with E-state index in [0.29, 0.717) is 6.10 Å². The standard InChI is InChI=1S/C22H46OSi/c1-4-5-6-7-8-9-10-11-12-13-14-15-16-17-19-22-20-18-21-24(2,3)23-22/h22H,4-21H2,1-3H3. The summed E-state index contributed by atoms with van der Waals surface area (Å²) < 4.78 is 6.33. The van der Waals surface area contributed by atoms with E-state index in [0.717, 1.165) is 0 Å². The topological polar surface area (TPSA) is 9.23 Å². The molecule has 1 atom stereocenters. The van der Waals surface area contributed by atoms with Gasteiger partial charge in [-0.05, 0) is 32.0 Å². The molecular formula is C22H46OSi. The highest BCUT2D eigenvalue weighted by molar-refractivity contribution is 6.71. The molecule has 0 bridgehead atoms. The van der Waals surface area contributed by atoms with Crippen LogP contribution in [0.1, 0.15) is 116 Å². The summed E-state index contributed by atoms with van der Waals surface area (Å²) in [7, 11) is -1.26. The highest BCUT2D eigenvalue weighted by atomic mass is 28.4. The van der Waals surface area contributed by atoms with Crippen molar-refractivity contribution in [1.82, 2.24) is 0 Å².